The molecule has 2 atom stereocenters. The highest BCUT2D eigenvalue weighted by molar-refractivity contribution is 7.90. The second-order valence-corrected chi connectivity index (χ2v) is 5.14. The molecule has 8 nitrogen and oxygen atoms in total. The lowest BCUT2D eigenvalue weighted by molar-refractivity contribution is -0.147. The molecular weight excluding hydrogens is 252 g/mol. The maximum Gasteiger partial charge on any atom is 0.322 e. The molecule has 0 aromatic carbocycles. The van der Waals surface area contributed by atoms with Gasteiger partial charge in [0.2, 0.25) is 10.0 Å². The van der Waals surface area contributed by atoms with Crippen molar-refractivity contribution in [2.24, 2.45) is 0 Å². The van der Waals surface area contributed by atoms with Crippen molar-refractivity contribution in [1.29, 1.82) is 5.26 Å². The number of nitrogens with zero attached hydrogens (tertiary/aromatic N) is 1. The first-order chi connectivity index (χ1) is 7.74. The Balaban J connectivity index is 4.85. The minimum Gasteiger partial charge on any atom is -0.480 e. The van der Waals surface area contributed by atoms with E-state index in [4.69, 9.17) is 10.4 Å². The van der Waals surface area contributed by atoms with Crippen LogP contribution in [0.15, 0.2) is 0 Å². The van der Waals surface area contributed by atoms with Gasteiger partial charge in [-0.05, 0) is 6.92 Å². The molecule has 0 aromatic heterocycles. The van der Waals surface area contributed by atoms with E-state index in [1.807, 2.05) is 0 Å². The van der Waals surface area contributed by atoms with E-state index in [1.165, 1.54) is 6.07 Å². The molecule has 1 unspecified atom stereocenters. The number of esters is 1. The molecule has 17 heavy (non-hydrogen) atoms. The Kier molecular flexibility index (Phi) is 5.57. The van der Waals surface area contributed by atoms with Gasteiger partial charge in [-0.15, -0.1) is 0 Å². The number of methoxy groups -OCH3 is 1. The van der Waals surface area contributed by atoms with Crippen LogP contribution in [0, 0.1) is 11.3 Å². The summed E-state index contributed by atoms with van der Waals surface area (Å²) < 4.78 is 28.8. The maximum absolute atomic E-state index is 11.4. The molecule has 0 amide bonds. The molecule has 0 aromatic rings. The molecule has 0 fully saturated rings. The van der Waals surface area contributed by atoms with E-state index in [-0.39, 0.29) is 0 Å². The fourth-order valence-corrected chi connectivity index (χ4v) is 1.72. The lowest BCUT2D eigenvalue weighted by Crippen LogP contribution is -2.45. The van der Waals surface area contributed by atoms with Crippen molar-refractivity contribution < 1.29 is 27.9 Å². The summed E-state index contributed by atoms with van der Waals surface area (Å²) in [6.07, 6.45) is -0.650. The summed E-state index contributed by atoms with van der Waals surface area (Å²) in [4.78, 5) is 21.6. The average Bonchev–Trinajstić information content (AvgIpc) is 2.26. The Bertz CT molecular complexity index is 437. The molecular formula is C8H12N2O6S. The molecule has 96 valence electrons. The molecule has 0 saturated heterocycles. The number of carbonyl (C=O) groups excluding carboxylic acids is 1. The number of rotatable bonds is 6. The molecule has 2 N–H and O–H groups in total. The third-order valence-corrected chi connectivity index (χ3v) is 3.50. The first-order valence-electron chi connectivity index (χ1n) is 4.45. The van der Waals surface area contributed by atoms with Gasteiger partial charge in [-0.2, -0.15) is 9.98 Å². The Morgan fingerprint density at radius 1 is 1.53 bits per heavy atom. The molecule has 0 rings (SSSR count). The third kappa shape index (κ3) is 4.80. The highest BCUT2D eigenvalue weighted by Crippen LogP contribution is 2.02. The van der Waals surface area contributed by atoms with E-state index in [0.717, 1.165) is 14.0 Å². The van der Waals surface area contributed by atoms with Crippen LogP contribution in [-0.2, 0) is 24.3 Å². The van der Waals surface area contributed by atoms with Gasteiger partial charge in [-0.3, -0.25) is 9.59 Å². The van der Waals surface area contributed by atoms with Crippen molar-refractivity contribution in [1.82, 2.24) is 4.72 Å². The van der Waals surface area contributed by atoms with Crippen LogP contribution in [0.25, 0.3) is 0 Å². The number of hydrogen-bond donors (Lipinski definition) is 2. The lowest BCUT2D eigenvalue weighted by atomic mass is 10.2. The van der Waals surface area contributed by atoms with E-state index in [1.54, 1.807) is 4.72 Å². The Labute approximate surface area is 98.2 Å². The topological polar surface area (TPSA) is 134 Å². The summed E-state index contributed by atoms with van der Waals surface area (Å²) in [5.41, 5.74) is 0. The zero-order chi connectivity index (χ0) is 13.6. The van der Waals surface area contributed by atoms with Crippen molar-refractivity contribution in [3.05, 3.63) is 0 Å². The van der Waals surface area contributed by atoms with Gasteiger partial charge in [0.25, 0.3) is 0 Å². The van der Waals surface area contributed by atoms with Gasteiger partial charge in [-0.1, -0.05) is 0 Å². The van der Waals surface area contributed by atoms with Crippen LogP contribution in [-0.4, -0.2) is 43.9 Å². The van der Waals surface area contributed by atoms with E-state index in [2.05, 4.69) is 4.74 Å². The number of ether oxygens (including phenoxy) is 1. The van der Waals surface area contributed by atoms with Crippen molar-refractivity contribution in [3.63, 3.8) is 0 Å². The quantitative estimate of drug-likeness (QED) is 0.577. The van der Waals surface area contributed by atoms with Crippen molar-refractivity contribution in [2.45, 2.75) is 24.6 Å². The van der Waals surface area contributed by atoms with Crippen LogP contribution in [0.1, 0.15) is 13.3 Å². The SMILES string of the molecule is COC(=O)C[C@H](NS(=O)(=O)C(C)C#N)C(=O)O. The van der Waals surface area contributed by atoms with E-state index < -0.39 is 39.7 Å². The minimum absolute atomic E-state index is 0.650. The summed E-state index contributed by atoms with van der Waals surface area (Å²) in [5, 5.41) is 15.7. The largest absolute Gasteiger partial charge is 0.480 e. The van der Waals surface area contributed by atoms with Crippen molar-refractivity contribution >= 4 is 22.0 Å². The number of carboxylic acid groups (broad SMARTS) is 1. The van der Waals surface area contributed by atoms with Crippen LogP contribution in [0.5, 0.6) is 0 Å². The number of carboxylic acids is 1. The van der Waals surface area contributed by atoms with Crippen molar-refractivity contribution in [3.8, 4) is 6.07 Å². The zero-order valence-electron chi connectivity index (χ0n) is 9.21. The maximum atomic E-state index is 11.4. The number of sulfonamides is 1. The number of nitrogens with one attached hydrogen (secondary N) is 1. The van der Waals surface area contributed by atoms with Crippen molar-refractivity contribution in [2.75, 3.05) is 7.11 Å². The van der Waals surface area contributed by atoms with E-state index >= 15 is 0 Å². The molecule has 0 spiro atoms. The van der Waals surface area contributed by atoms with Crippen LogP contribution in [0.3, 0.4) is 0 Å². The molecule has 0 saturated carbocycles. The molecule has 0 aliphatic heterocycles. The molecule has 0 aliphatic carbocycles. The lowest BCUT2D eigenvalue weighted by Gasteiger charge is -2.14. The molecule has 0 aliphatic rings. The summed E-state index contributed by atoms with van der Waals surface area (Å²) >= 11 is 0. The van der Waals surface area contributed by atoms with Gasteiger partial charge in [0.15, 0.2) is 5.25 Å². The monoisotopic (exact) mass is 264 g/mol. The number of nitriles is 1. The zero-order valence-corrected chi connectivity index (χ0v) is 10.0. The third-order valence-electron chi connectivity index (χ3n) is 1.85. The standard InChI is InChI=1S/C8H12N2O6S/c1-5(4-9)17(14,15)10-6(8(12)13)3-7(11)16-2/h5-6,10H,3H2,1-2H3,(H,12,13)/t5?,6-/m0/s1. The van der Waals surface area contributed by atoms with Crippen LogP contribution in [0.4, 0.5) is 0 Å². The summed E-state index contributed by atoms with van der Waals surface area (Å²) in [5.74, 6) is -2.39. The van der Waals surface area contributed by atoms with Crippen LogP contribution < -0.4 is 4.72 Å². The van der Waals surface area contributed by atoms with Crippen LogP contribution >= 0.6 is 0 Å². The molecule has 9 heteroatoms. The first-order valence-corrected chi connectivity index (χ1v) is 5.99. The molecule has 0 heterocycles. The number of hydrogen-bond acceptors (Lipinski definition) is 6. The predicted octanol–water partition coefficient (Wildman–Crippen LogP) is -1.17. The first kappa shape index (κ1) is 15.3. The Morgan fingerprint density at radius 2 is 2.06 bits per heavy atom. The highest BCUT2D eigenvalue weighted by Gasteiger charge is 2.30. The normalized spacial score (nSPS) is 14.4. The van der Waals surface area contributed by atoms with Gasteiger partial charge >= 0.3 is 11.9 Å². The number of carbonyl (C=O) groups is 2. The van der Waals surface area contributed by atoms with Gasteiger partial charge in [0, 0.05) is 0 Å². The van der Waals surface area contributed by atoms with Gasteiger partial charge in [0.1, 0.15) is 6.04 Å². The average molecular weight is 264 g/mol. The second-order valence-electron chi connectivity index (χ2n) is 3.11. The fourth-order valence-electron chi connectivity index (χ4n) is 0.799. The summed E-state index contributed by atoms with van der Waals surface area (Å²) in [6.45, 7) is 1.10. The minimum atomic E-state index is -4.11. The fraction of sp³-hybridized carbons (Fsp3) is 0.625. The van der Waals surface area contributed by atoms with Crippen LogP contribution in [0.2, 0.25) is 0 Å². The van der Waals surface area contributed by atoms with Gasteiger partial charge < -0.3 is 9.84 Å². The predicted molar refractivity (Wildman–Crippen MR) is 55.2 cm³/mol. The molecule has 0 bridgehead atoms. The number of aliphatic carboxylic acids is 1. The smallest absolute Gasteiger partial charge is 0.322 e. The van der Waals surface area contributed by atoms with E-state index in [9.17, 15) is 18.0 Å². The Hall–Kier alpha value is -1.66. The van der Waals surface area contributed by atoms with Gasteiger partial charge in [0.05, 0.1) is 19.6 Å². The Morgan fingerprint density at radius 3 is 2.41 bits per heavy atom. The van der Waals surface area contributed by atoms with E-state index in [0.29, 0.717) is 0 Å². The van der Waals surface area contributed by atoms with Gasteiger partial charge in [-0.25, -0.2) is 8.42 Å². The summed E-state index contributed by atoms with van der Waals surface area (Å²) in [6, 6.07) is -0.193. The highest BCUT2D eigenvalue weighted by atomic mass is 32.2. The summed E-state index contributed by atoms with van der Waals surface area (Å²) in [7, 11) is -3.06. The molecule has 0 radical (unpaired) electrons. The second kappa shape index (κ2) is 6.17.